The average molecular weight is 394 g/mol. The quantitative estimate of drug-likeness (QED) is 0.671. The maximum Gasteiger partial charge on any atom is 0.261 e. The molecule has 0 aromatic heterocycles. The van der Waals surface area contributed by atoms with E-state index in [4.69, 9.17) is 0 Å². The molecule has 1 N–H and O–H groups in total. The number of rotatable bonds is 6. The van der Waals surface area contributed by atoms with Crippen LogP contribution in [-0.2, 0) is 10.0 Å². The number of amides is 1. The predicted octanol–water partition coefficient (Wildman–Crippen LogP) is 4.46. The van der Waals surface area contributed by atoms with Gasteiger partial charge in [0.05, 0.1) is 4.90 Å². The molecule has 0 aliphatic heterocycles. The van der Waals surface area contributed by atoms with Crippen LogP contribution in [0, 0.1) is 6.92 Å². The lowest BCUT2D eigenvalue weighted by Gasteiger charge is -2.21. The van der Waals surface area contributed by atoms with Crippen molar-refractivity contribution in [1.29, 1.82) is 0 Å². The molecule has 0 radical (unpaired) electrons. The van der Waals surface area contributed by atoms with Gasteiger partial charge in [0.25, 0.3) is 15.9 Å². The van der Waals surface area contributed by atoms with Gasteiger partial charge in [-0.2, -0.15) is 0 Å². The molecule has 6 heteroatoms. The summed E-state index contributed by atoms with van der Waals surface area (Å²) in [5.74, 6) is -0.249. The van der Waals surface area contributed by atoms with Crippen LogP contribution in [0.5, 0.6) is 0 Å². The molecule has 0 heterocycles. The van der Waals surface area contributed by atoms with E-state index < -0.39 is 10.0 Å². The van der Waals surface area contributed by atoms with E-state index in [0.717, 1.165) is 11.3 Å². The molecule has 0 spiro atoms. The fourth-order valence-corrected chi connectivity index (χ4v) is 3.94. The Hall–Kier alpha value is -3.12. The van der Waals surface area contributed by atoms with Crippen molar-refractivity contribution in [2.24, 2.45) is 0 Å². The lowest BCUT2D eigenvalue weighted by Crippen LogP contribution is -2.30. The number of sulfonamides is 1. The molecule has 0 saturated heterocycles. The van der Waals surface area contributed by atoms with Crippen LogP contribution in [0.3, 0.4) is 0 Å². The first-order chi connectivity index (χ1) is 13.4. The van der Waals surface area contributed by atoms with Gasteiger partial charge in [0.1, 0.15) is 0 Å². The summed E-state index contributed by atoms with van der Waals surface area (Å²) < 4.78 is 28.0. The molecule has 3 aromatic carbocycles. The van der Waals surface area contributed by atoms with E-state index in [0.29, 0.717) is 17.8 Å². The largest absolute Gasteiger partial charge is 0.309 e. The Morgan fingerprint density at radius 1 is 0.929 bits per heavy atom. The average Bonchev–Trinajstić information content (AvgIpc) is 2.71. The van der Waals surface area contributed by atoms with Gasteiger partial charge < -0.3 is 4.90 Å². The monoisotopic (exact) mass is 394 g/mol. The minimum absolute atomic E-state index is 0.0445. The van der Waals surface area contributed by atoms with Crippen LogP contribution in [0.15, 0.2) is 83.8 Å². The van der Waals surface area contributed by atoms with E-state index in [1.165, 1.54) is 12.1 Å². The summed E-state index contributed by atoms with van der Waals surface area (Å²) in [6.45, 7) is 4.28. The first-order valence-corrected chi connectivity index (χ1v) is 10.5. The highest BCUT2D eigenvalue weighted by Gasteiger charge is 2.20. The number of hydrogen-bond acceptors (Lipinski definition) is 3. The summed E-state index contributed by atoms with van der Waals surface area (Å²) >= 11 is 0. The molecular weight excluding hydrogens is 372 g/mol. The van der Waals surface area contributed by atoms with Crippen LogP contribution in [0.25, 0.3) is 0 Å². The lowest BCUT2D eigenvalue weighted by molar-refractivity contribution is 0.0988. The normalized spacial score (nSPS) is 11.1. The lowest BCUT2D eigenvalue weighted by atomic mass is 10.2. The summed E-state index contributed by atoms with van der Waals surface area (Å²) in [7, 11) is -3.80. The number of carbonyl (C=O) groups is 1. The molecule has 28 heavy (non-hydrogen) atoms. The Kier molecular flexibility index (Phi) is 5.80. The molecular formula is C22H22N2O3S. The Morgan fingerprint density at radius 3 is 2.25 bits per heavy atom. The van der Waals surface area contributed by atoms with Crippen molar-refractivity contribution in [3.05, 3.63) is 90.0 Å². The molecule has 0 atom stereocenters. The zero-order valence-electron chi connectivity index (χ0n) is 15.8. The van der Waals surface area contributed by atoms with Gasteiger partial charge in [-0.15, -0.1) is 0 Å². The van der Waals surface area contributed by atoms with Crippen LogP contribution in [0.4, 0.5) is 11.4 Å². The van der Waals surface area contributed by atoms with E-state index in [1.807, 2.05) is 56.3 Å². The van der Waals surface area contributed by atoms with E-state index in [1.54, 1.807) is 29.2 Å². The van der Waals surface area contributed by atoms with Crippen LogP contribution < -0.4 is 9.62 Å². The van der Waals surface area contributed by atoms with E-state index >= 15 is 0 Å². The van der Waals surface area contributed by atoms with Gasteiger partial charge in [-0.05, 0) is 56.3 Å². The fraction of sp³-hybridized carbons (Fsp3) is 0.136. The van der Waals surface area contributed by atoms with Crippen molar-refractivity contribution in [3.8, 4) is 0 Å². The molecule has 0 aliphatic rings. The molecule has 0 bridgehead atoms. The minimum atomic E-state index is -3.80. The number of anilines is 2. The molecule has 0 fully saturated rings. The zero-order valence-corrected chi connectivity index (χ0v) is 16.6. The fourth-order valence-electron chi connectivity index (χ4n) is 2.84. The van der Waals surface area contributed by atoms with Gasteiger partial charge in [-0.3, -0.25) is 9.52 Å². The number of carbonyl (C=O) groups excluding carboxylic acids is 1. The van der Waals surface area contributed by atoms with Gasteiger partial charge in [-0.1, -0.05) is 42.0 Å². The molecule has 5 nitrogen and oxygen atoms in total. The van der Waals surface area contributed by atoms with Crippen LogP contribution in [0.2, 0.25) is 0 Å². The van der Waals surface area contributed by atoms with E-state index in [-0.39, 0.29) is 10.8 Å². The topological polar surface area (TPSA) is 66.5 Å². The Bertz CT molecular complexity index is 1060. The third kappa shape index (κ3) is 4.40. The highest BCUT2D eigenvalue weighted by Crippen LogP contribution is 2.21. The van der Waals surface area contributed by atoms with Crippen molar-refractivity contribution < 1.29 is 13.2 Å². The van der Waals surface area contributed by atoms with Gasteiger partial charge in [0.2, 0.25) is 0 Å². The predicted molar refractivity (Wildman–Crippen MR) is 112 cm³/mol. The summed E-state index contributed by atoms with van der Waals surface area (Å²) in [6, 6.07) is 22.5. The van der Waals surface area contributed by atoms with Gasteiger partial charge >= 0.3 is 0 Å². The number of hydrogen-bond donors (Lipinski definition) is 1. The van der Waals surface area contributed by atoms with Crippen molar-refractivity contribution >= 4 is 27.3 Å². The number of aryl methyl sites for hydroxylation is 1. The maximum atomic E-state index is 13.0. The molecule has 3 rings (SSSR count). The van der Waals surface area contributed by atoms with Crippen molar-refractivity contribution in [1.82, 2.24) is 0 Å². The number of nitrogens with zero attached hydrogens (tertiary/aromatic N) is 1. The highest BCUT2D eigenvalue weighted by atomic mass is 32.2. The first-order valence-electron chi connectivity index (χ1n) is 8.97. The second-order valence-corrected chi connectivity index (χ2v) is 8.07. The second-order valence-electron chi connectivity index (χ2n) is 6.38. The second kappa shape index (κ2) is 8.27. The molecule has 0 aliphatic carbocycles. The Labute approximate surface area is 165 Å². The maximum absolute atomic E-state index is 13.0. The molecule has 0 saturated carbocycles. The van der Waals surface area contributed by atoms with Crippen molar-refractivity contribution in [3.63, 3.8) is 0 Å². The minimum Gasteiger partial charge on any atom is -0.309 e. The summed E-state index contributed by atoms with van der Waals surface area (Å²) in [5.41, 5.74) is 2.59. The molecule has 144 valence electrons. The number of para-hydroxylation sites is 1. The highest BCUT2D eigenvalue weighted by molar-refractivity contribution is 7.92. The van der Waals surface area contributed by atoms with Crippen molar-refractivity contribution in [2.45, 2.75) is 18.7 Å². The van der Waals surface area contributed by atoms with Crippen molar-refractivity contribution in [2.75, 3.05) is 16.2 Å². The van der Waals surface area contributed by atoms with Gasteiger partial charge in [-0.25, -0.2) is 8.42 Å². The summed E-state index contributed by atoms with van der Waals surface area (Å²) in [4.78, 5) is 14.6. The van der Waals surface area contributed by atoms with E-state index in [2.05, 4.69) is 4.72 Å². The third-order valence-electron chi connectivity index (χ3n) is 4.32. The SMILES string of the molecule is CCN(C(=O)c1cccc(S(=O)(=O)Nc2ccc(C)cc2)c1)c1ccccc1. The number of benzene rings is 3. The first kappa shape index (κ1) is 19.6. The molecule has 0 unspecified atom stereocenters. The Morgan fingerprint density at radius 2 is 1.61 bits per heavy atom. The Balaban J connectivity index is 1.88. The smallest absolute Gasteiger partial charge is 0.261 e. The summed E-state index contributed by atoms with van der Waals surface area (Å²) in [5, 5.41) is 0. The van der Waals surface area contributed by atoms with Crippen LogP contribution in [0.1, 0.15) is 22.8 Å². The van der Waals surface area contributed by atoms with Gasteiger partial charge in [0, 0.05) is 23.5 Å². The zero-order chi connectivity index (χ0) is 20.1. The third-order valence-corrected chi connectivity index (χ3v) is 5.70. The molecule has 1 amide bonds. The number of nitrogens with one attached hydrogen (secondary N) is 1. The summed E-state index contributed by atoms with van der Waals surface area (Å²) in [6.07, 6.45) is 0. The van der Waals surface area contributed by atoms with Crippen LogP contribution in [-0.4, -0.2) is 20.9 Å². The van der Waals surface area contributed by atoms with E-state index in [9.17, 15) is 13.2 Å². The van der Waals surface area contributed by atoms with Crippen LogP contribution >= 0.6 is 0 Å². The standard InChI is InChI=1S/C22H22N2O3S/c1-3-24(20-9-5-4-6-10-20)22(25)18-8-7-11-21(16-18)28(26,27)23-19-14-12-17(2)13-15-19/h4-16,23H,3H2,1-2H3. The van der Waals surface area contributed by atoms with Gasteiger partial charge in [0.15, 0.2) is 0 Å². The molecule has 3 aromatic rings.